The van der Waals surface area contributed by atoms with E-state index < -0.39 is 6.10 Å². The Labute approximate surface area is 113 Å². The lowest BCUT2D eigenvalue weighted by molar-refractivity contribution is 0.0182. The van der Waals surface area contributed by atoms with Crippen molar-refractivity contribution < 1.29 is 19.3 Å². The minimum atomic E-state index is -0.566. The van der Waals surface area contributed by atoms with Gasteiger partial charge < -0.3 is 24.6 Å². The van der Waals surface area contributed by atoms with E-state index in [0.717, 1.165) is 5.69 Å². The average Bonchev–Trinajstić information content (AvgIpc) is 2.43. The minimum absolute atomic E-state index is 0.279. The summed E-state index contributed by atoms with van der Waals surface area (Å²) >= 11 is 0. The van der Waals surface area contributed by atoms with Crippen LogP contribution in [0.25, 0.3) is 0 Å². The molecule has 0 aliphatic heterocycles. The summed E-state index contributed by atoms with van der Waals surface area (Å²) in [7, 11) is 1.61. The fraction of sp³-hybridized carbons (Fsp3) is 0.615. The summed E-state index contributed by atoms with van der Waals surface area (Å²) in [5, 5.41) is 12.8. The van der Waals surface area contributed by atoms with Gasteiger partial charge in [-0.25, -0.2) is 4.98 Å². The van der Waals surface area contributed by atoms with Crippen LogP contribution in [0.5, 0.6) is 5.88 Å². The molecule has 1 unspecified atom stereocenters. The minimum Gasteiger partial charge on any atom is -0.478 e. The van der Waals surface area contributed by atoms with Crippen LogP contribution >= 0.6 is 0 Å². The number of rotatable bonds is 10. The van der Waals surface area contributed by atoms with Gasteiger partial charge in [-0.15, -0.1) is 0 Å². The first-order valence-corrected chi connectivity index (χ1v) is 6.33. The van der Waals surface area contributed by atoms with Crippen LogP contribution in [0.1, 0.15) is 6.92 Å². The molecule has 0 radical (unpaired) electrons. The molecule has 0 fully saturated rings. The van der Waals surface area contributed by atoms with Crippen molar-refractivity contribution in [1.82, 2.24) is 4.98 Å². The van der Waals surface area contributed by atoms with E-state index in [2.05, 4.69) is 10.3 Å². The van der Waals surface area contributed by atoms with Crippen molar-refractivity contribution in [3.63, 3.8) is 0 Å². The third-order valence-electron chi connectivity index (χ3n) is 2.31. The molecule has 0 amide bonds. The predicted octanol–water partition coefficient (Wildman–Crippen LogP) is 0.916. The van der Waals surface area contributed by atoms with Crippen molar-refractivity contribution in [1.29, 1.82) is 0 Å². The molecule has 2 N–H and O–H groups in total. The second-order valence-electron chi connectivity index (χ2n) is 3.92. The molecule has 0 saturated heterocycles. The maximum atomic E-state index is 9.68. The van der Waals surface area contributed by atoms with E-state index in [9.17, 15) is 5.11 Å². The lowest BCUT2D eigenvalue weighted by atomic mass is 10.3. The topological polar surface area (TPSA) is 72.8 Å². The van der Waals surface area contributed by atoms with Gasteiger partial charge in [0.1, 0.15) is 0 Å². The van der Waals surface area contributed by atoms with E-state index in [1.54, 1.807) is 19.4 Å². The fourth-order valence-corrected chi connectivity index (χ4v) is 1.37. The highest BCUT2D eigenvalue weighted by atomic mass is 16.5. The molecule has 0 bridgehead atoms. The van der Waals surface area contributed by atoms with Crippen LogP contribution in [-0.4, -0.2) is 56.3 Å². The van der Waals surface area contributed by atoms with Gasteiger partial charge in [0.2, 0.25) is 5.88 Å². The molecular formula is C13H22N2O4. The van der Waals surface area contributed by atoms with Gasteiger partial charge in [0, 0.05) is 19.7 Å². The summed E-state index contributed by atoms with van der Waals surface area (Å²) in [6.45, 7) is 4.20. The van der Waals surface area contributed by atoms with Gasteiger partial charge >= 0.3 is 0 Å². The zero-order valence-electron chi connectivity index (χ0n) is 11.5. The Hall–Kier alpha value is -1.37. The lowest BCUT2D eigenvalue weighted by Gasteiger charge is -2.13. The van der Waals surface area contributed by atoms with Crippen molar-refractivity contribution in [2.75, 3.05) is 45.4 Å². The number of ether oxygens (including phenoxy) is 3. The SMILES string of the molecule is CCOc1ccc(NCC(O)COCCOC)cn1. The molecule has 0 aliphatic carbocycles. The van der Waals surface area contributed by atoms with Gasteiger partial charge in [0.25, 0.3) is 0 Å². The van der Waals surface area contributed by atoms with E-state index in [-0.39, 0.29) is 6.61 Å². The number of nitrogens with one attached hydrogen (secondary N) is 1. The largest absolute Gasteiger partial charge is 0.478 e. The summed E-state index contributed by atoms with van der Waals surface area (Å²) < 4.78 is 15.3. The number of pyridine rings is 1. The first kappa shape index (κ1) is 15.7. The second-order valence-corrected chi connectivity index (χ2v) is 3.92. The Morgan fingerprint density at radius 3 is 2.84 bits per heavy atom. The van der Waals surface area contributed by atoms with Crippen molar-refractivity contribution in [2.45, 2.75) is 13.0 Å². The van der Waals surface area contributed by atoms with E-state index in [1.807, 2.05) is 13.0 Å². The van der Waals surface area contributed by atoms with Crippen LogP contribution in [0.2, 0.25) is 0 Å². The molecule has 0 aliphatic rings. The lowest BCUT2D eigenvalue weighted by Crippen LogP contribution is -2.25. The van der Waals surface area contributed by atoms with Gasteiger partial charge in [0.15, 0.2) is 0 Å². The van der Waals surface area contributed by atoms with Gasteiger partial charge in [-0.05, 0) is 13.0 Å². The third kappa shape index (κ3) is 6.95. The molecule has 0 saturated carbocycles. The van der Waals surface area contributed by atoms with Gasteiger partial charge in [0.05, 0.1) is 44.4 Å². The monoisotopic (exact) mass is 270 g/mol. The van der Waals surface area contributed by atoms with Crippen molar-refractivity contribution in [3.8, 4) is 5.88 Å². The number of anilines is 1. The summed E-state index contributed by atoms with van der Waals surface area (Å²) in [6.07, 6.45) is 1.10. The number of aliphatic hydroxyl groups is 1. The third-order valence-corrected chi connectivity index (χ3v) is 2.31. The van der Waals surface area contributed by atoms with Crippen LogP contribution in [0.3, 0.4) is 0 Å². The van der Waals surface area contributed by atoms with Gasteiger partial charge in [-0.1, -0.05) is 0 Å². The number of aliphatic hydroxyl groups excluding tert-OH is 1. The number of hydrogen-bond acceptors (Lipinski definition) is 6. The van der Waals surface area contributed by atoms with E-state index in [0.29, 0.717) is 32.2 Å². The molecule has 1 aromatic heterocycles. The molecule has 1 aromatic rings. The second kappa shape index (κ2) is 9.55. The van der Waals surface area contributed by atoms with Gasteiger partial charge in [-0.3, -0.25) is 0 Å². The molecule has 1 rings (SSSR count). The van der Waals surface area contributed by atoms with Crippen LogP contribution in [0.4, 0.5) is 5.69 Å². The van der Waals surface area contributed by atoms with E-state index >= 15 is 0 Å². The molecule has 108 valence electrons. The van der Waals surface area contributed by atoms with Crippen LogP contribution in [-0.2, 0) is 9.47 Å². The summed E-state index contributed by atoms with van der Waals surface area (Å²) in [4.78, 5) is 4.12. The predicted molar refractivity (Wildman–Crippen MR) is 72.6 cm³/mol. The number of hydrogen-bond donors (Lipinski definition) is 2. The van der Waals surface area contributed by atoms with Crippen molar-refractivity contribution >= 4 is 5.69 Å². The highest BCUT2D eigenvalue weighted by Crippen LogP contribution is 2.11. The first-order valence-electron chi connectivity index (χ1n) is 6.33. The Morgan fingerprint density at radius 1 is 1.37 bits per heavy atom. The highest BCUT2D eigenvalue weighted by Gasteiger charge is 2.04. The Balaban J connectivity index is 2.20. The zero-order valence-corrected chi connectivity index (χ0v) is 11.5. The Morgan fingerprint density at radius 2 is 2.21 bits per heavy atom. The first-order chi connectivity index (χ1) is 9.26. The molecule has 6 heteroatoms. The van der Waals surface area contributed by atoms with Crippen LogP contribution in [0, 0.1) is 0 Å². The summed E-state index contributed by atoms with van der Waals surface area (Å²) in [5.41, 5.74) is 0.833. The standard InChI is InChI=1S/C13H22N2O4/c1-3-19-13-5-4-11(8-15-13)14-9-12(16)10-18-7-6-17-2/h4-5,8,12,14,16H,3,6-7,9-10H2,1-2H3. The molecular weight excluding hydrogens is 248 g/mol. The van der Waals surface area contributed by atoms with E-state index in [4.69, 9.17) is 14.2 Å². The smallest absolute Gasteiger partial charge is 0.213 e. The quantitative estimate of drug-likeness (QED) is 0.616. The highest BCUT2D eigenvalue weighted by molar-refractivity contribution is 5.42. The molecule has 1 atom stereocenters. The normalized spacial score (nSPS) is 12.2. The van der Waals surface area contributed by atoms with Crippen molar-refractivity contribution in [2.24, 2.45) is 0 Å². The maximum absolute atomic E-state index is 9.68. The van der Waals surface area contributed by atoms with Crippen LogP contribution in [0.15, 0.2) is 18.3 Å². The number of nitrogens with zero attached hydrogens (tertiary/aromatic N) is 1. The zero-order chi connectivity index (χ0) is 13.9. The number of methoxy groups -OCH3 is 1. The number of aromatic nitrogens is 1. The van der Waals surface area contributed by atoms with E-state index in [1.165, 1.54) is 0 Å². The molecule has 6 nitrogen and oxygen atoms in total. The Kier molecular flexibility index (Phi) is 7.88. The molecule has 1 heterocycles. The Bertz CT molecular complexity index is 332. The summed E-state index contributed by atoms with van der Waals surface area (Å²) in [6, 6.07) is 3.64. The summed E-state index contributed by atoms with van der Waals surface area (Å²) in [5.74, 6) is 0.594. The molecule has 19 heavy (non-hydrogen) atoms. The fourth-order valence-electron chi connectivity index (χ4n) is 1.37. The van der Waals surface area contributed by atoms with Gasteiger partial charge in [-0.2, -0.15) is 0 Å². The molecule has 0 spiro atoms. The van der Waals surface area contributed by atoms with Crippen molar-refractivity contribution in [3.05, 3.63) is 18.3 Å². The molecule has 0 aromatic carbocycles. The average molecular weight is 270 g/mol. The van der Waals surface area contributed by atoms with Crippen LogP contribution < -0.4 is 10.1 Å². The maximum Gasteiger partial charge on any atom is 0.213 e.